The summed E-state index contributed by atoms with van der Waals surface area (Å²) in [6, 6.07) is 8.84. The van der Waals surface area contributed by atoms with Crippen LogP contribution in [0.25, 0.3) is 0 Å². The fraction of sp³-hybridized carbons (Fsp3) is 0.588. The number of rotatable bonds is 3. The molecule has 0 bridgehead atoms. The molecule has 0 radical (unpaired) electrons. The maximum atomic E-state index is 11.8. The summed E-state index contributed by atoms with van der Waals surface area (Å²) in [6.07, 6.45) is 4.85. The smallest absolute Gasteiger partial charge is 0.134 e. The summed E-state index contributed by atoms with van der Waals surface area (Å²) in [6.45, 7) is 1.12. The molecule has 0 spiro atoms. The summed E-state index contributed by atoms with van der Waals surface area (Å²) in [5.41, 5.74) is 1.66. The molecule has 3 heteroatoms. The molecule has 3 rings (SSSR count). The second kappa shape index (κ2) is 5.21. The number of ether oxygens (including phenoxy) is 1. The monoisotopic (exact) mass is 273 g/mol. The minimum Gasteiger partial charge on any atom is -0.497 e. The van der Waals surface area contributed by atoms with Crippen molar-refractivity contribution in [1.82, 2.24) is 4.90 Å². The summed E-state index contributed by atoms with van der Waals surface area (Å²) in [5.74, 6) is 1.35. The van der Waals surface area contributed by atoms with Crippen LogP contribution in [-0.4, -0.2) is 37.4 Å². The number of Topliss-reactive ketones (excluding diaryl/α,β-unsaturated/α-hetero) is 1. The molecule has 0 aromatic heterocycles. The summed E-state index contributed by atoms with van der Waals surface area (Å²) < 4.78 is 5.22. The molecule has 1 heterocycles. The predicted molar refractivity (Wildman–Crippen MR) is 79.0 cm³/mol. The molecule has 1 aromatic carbocycles. The standard InChI is InChI=1S/C17H23NO2/c1-18-10-9-17(8-7-14(19)11-16(17)18)12-13-3-5-15(20-2)6-4-13/h3-6,16H,7-12H2,1-2H3/t16-,17-/m0/s1. The lowest BCUT2D eigenvalue weighted by molar-refractivity contribution is -0.124. The number of hydrogen-bond acceptors (Lipinski definition) is 3. The van der Waals surface area contributed by atoms with Crippen molar-refractivity contribution < 1.29 is 9.53 Å². The van der Waals surface area contributed by atoms with E-state index < -0.39 is 0 Å². The van der Waals surface area contributed by atoms with Crippen LogP contribution in [0.4, 0.5) is 0 Å². The van der Waals surface area contributed by atoms with E-state index in [0.29, 0.717) is 17.2 Å². The van der Waals surface area contributed by atoms with Gasteiger partial charge in [-0.25, -0.2) is 0 Å². The van der Waals surface area contributed by atoms with Gasteiger partial charge < -0.3 is 9.64 Å². The molecule has 20 heavy (non-hydrogen) atoms. The van der Waals surface area contributed by atoms with Crippen LogP contribution in [0.1, 0.15) is 31.2 Å². The summed E-state index contributed by atoms with van der Waals surface area (Å²) in [7, 11) is 3.86. The first-order chi connectivity index (χ1) is 9.63. The van der Waals surface area contributed by atoms with Gasteiger partial charge in [-0.2, -0.15) is 0 Å². The van der Waals surface area contributed by atoms with Gasteiger partial charge in [0.2, 0.25) is 0 Å². The maximum Gasteiger partial charge on any atom is 0.134 e. The third-order valence-electron chi connectivity index (χ3n) is 5.24. The van der Waals surface area contributed by atoms with Gasteiger partial charge in [0.15, 0.2) is 0 Å². The Hall–Kier alpha value is -1.35. The van der Waals surface area contributed by atoms with E-state index in [-0.39, 0.29) is 0 Å². The SMILES string of the molecule is COc1ccc(C[C@@]23CCC(=O)C[C@@H]2N(C)CC3)cc1. The van der Waals surface area contributed by atoms with Gasteiger partial charge in [-0.3, -0.25) is 4.79 Å². The van der Waals surface area contributed by atoms with E-state index in [1.54, 1.807) is 7.11 Å². The number of likely N-dealkylation sites (tertiary alicyclic amines) is 1. The number of nitrogens with zero attached hydrogens (tertiary/aromatic N) is 1. The lowest BCUT2D eigenvalue weighted by Gasteiger charge is -2.40. The van der Waals surface area contributed by atoms with Crippen molar-refractivity contribution in [3.05, 3.63) is 29.8 Å². The number of carbonyl (C=O) groups is 1. The molecule has 0 unspecified atom stereocenters. The number of fused-ring (bicyclic) bond motifs is 1. The molecule has 2 aliphatic rings. The Morgan fingerprint density at radius 3 is 2.75 bits per heavy atom. The van der Waals surface area contributed by atoms with Crippen molar-refractivity contribution >= 4 is 5.78 Å². The van der Waals surface area contributed by atoms with E-state index in [2.05, 4.69) is 24.1 Å². The van der Waals surface area contributed by atoms with Gasteiger partial charge >= 0.3 is 0 Å². The van der Waals surface area contributed by atoms with Gasteiger partial charge in [-0.05, 0) is 56.0 Å². The molecule has 1 aliphatic carbocycles. The van der Waals surface area contributed by atoms with Crippen molar-refractivity contribution in [2.45, 2.75) is 38.1 Å². The topological polar surface area (TPSA) is 29.5 Å². The number of benzene rings is 1. The van der Waals surface area contributed by atoms with Crippen LogP contribution < -0.4 is 4.74 Å². The third kappa shape index (κ3) is 2.35. The summed E-state index contributed by atoms with van der Waals surface area (Å²) >= 11 is 0. The van der Waals surface area contributed by atoms with Crippen LogP contribution in [0.15, 0.2) is 24.3 Å². The first kappa shape index (κ1) is 13.6. The summed E-state index contributed by atoms with van der Waals surface area (Å²) in [5, 5.41) is 0. The molecule has 1 aromatic rings. The number of carbonyl (C=O) groups excluding carboxylic acids is 1. The third-order valence-corrected chi connectivity index (χ3v) is 5.24. The van der Waals surface area contributed by atoms with Gasteiger partial charge in [0.25, 0.3) is 0 Å². The Labute approximate surface area is 120 Å². The van der Waals surface area contributed by atoms with Gasteiger partial charge in [0.05, 0.1) is 7.11 Å². The van der Waals surface area contributed by atoms with Gasteiger partial charge in [0.1, 0.15) is 11.5 Å². The number of methoxy groups -OCH3 is 1. The fourth-order valence-corrected chi connectivity index (χ4v) is 4.00. The highest BCUT2D eigenvalue weighted by Gasteiger charge is 2.48. The average Bonchev–Trinajstić information content (AvgIpc) is 2.78. The normalized spacial score (nSPS) is 30.3. The quantitative estimate of drug-likeness (QED) is 0.848. The van der Waals surface area contributed by atoms with Crippen LogP contribution in [-0.2, 0) is 11.2 Å². The van der Waals surface area contributed by atoms with E-state index in [0.717, 1.165) is 38.0 Å². The average molecular weight is 273 g/mol. The second-order valence-corrected chi connectivity index (χ2v) is 6.38. The minimum atomic E-state index is 0.303. The predicted octanol–water partition coefficient (Wildman–Crippen LogP) is 2.68. The fourth-order valence-electron chi connectivity index (χ4n) is 4.00. The van der Waals surface area contributed by atoms with Gasteiger partial charge in [-0.1, -0.05) is 12.1 Å². The molecule has 2 atom stereocenters. The van der Waals surface area contributed by atoms with Gasteiger partial charge in [0, 0.05) is 18.9 Å². The van der Waals surface area contributed by atoms with E-state index in [9.17, 15) is 4.79 Å². The first-order valence-corrected chi connectivity index (χ1v) is 7.48. The molecule has 0 amide bonds. The molecule has 0 N–H and O–H groups in total. The van der Waals surface area contributed by atoms with Crippen molar-refractivity contribution in [3.8, 4) is 5.75 Å². The van der Waals surface area contributed by atoms with Crippen molar-refractivity contribution in [2.75, 3.05) is 20.7 Å². The van der Waals surface area contributed by atoms with E-state index in [1.165, 1.54) is 12.0 Å². The molecular weight excluding hydrogens is 250 g/mol. The Balaban J connectivity index is 1.81. The number of ketones is 1. The molecule has 1 saturated carbocycles. The van der Waals surface area contributed by atoms with E-state index >= 15 is 0 Å². The van der Waals surface area contributed by atoms with Crippen LogP contribution in [0.3, 0.4) is 0 Å². The van der Waals surface area contributed by atoms with Crippen molar-refractivity contribution in [3.63, 3.8) is 0 Å². The highest BCUT2D eigenvalue weighted by Crippen LogP contribution is 2.47. The number of hydrogen-bond donors (Lipinski definition) is 0. The van der Waals surface area contributed by atoms with Crippen LogP contribution >= 0.6 is 0 Å². The van der Waals surface area contributed by atoms with Crippen molar-refractivity contribution in [2.24, 2.45) is 5.41 Å². The lowest BCUT2D eigenvalue weighted by Crippen LogP contribution is -2.44. The molecular formula is C17H23NO2. The Morgan fingerprint density at radius 2 is 2.05 bits per heavy atom. The maximum absolute atomic E-state index is 11.8. The molecule has 1 aliphatic heterocycles. The molecule has 1 saturated heterocycles. The lowest BCUT2D eigenvalue weighted by atomic mass is 9.67. The molecule has 2 fully saturated rings. The molecule has 3 nitrogen and oxygen atoms in total. The van der Waals surface area contributed by atoms with Crippen LogP contribution in [0.2, 0.25) is 0 Å². The van der Waals surface area contributed by atoms with Crippen molar-refractivity contribution in [1.29, 1.82) is 0 Å². The zero-order valence-electron chi connectivity index (χ0n) is 12.4. The zero-order valence-corrected chi connectivity index (χ0v) is 12.4. The Morgan fingerprint density at radius 1 is 1.30 bits per heavy atom. The zero-order chi connectivity index (χ0) is 14.2. The van der Waals surface area contributed by atoms with Crippen LogP contribution in [0, 0.1) is 5.41 Å². The highest BCUT2D eigenvalue weighted by molar-refractivity contribution is 5.80. The molecule has 108 valence electrons. The first-order valence-electron chi connectivity index (χ1n) is 7.48. The van der Waals surface area contributed by atoms with E-state index in [1.807, 2.05) is 12.1 Å². The Bertz CT molecular complexity index is 496. The van der Waals surface area contributed by atoms with Gasteiger partial charge in [-0.15, -0.1) is 0 Å². The van der Waals surface area contributed by atoms with Crippen LogP contribution in [0.5, 0.6) is 5.75 Å². The highest BCUT2D eigenvalue weighted by atomic mass is 16.5. The second-order valence-electron chi connectivity index (χ2n) is 6.38. The minimum absolute atomic E-state index is 0.303. The van der Waals surface area contributed by atoms with E-state index in [4.69, 9.17) is 4.74 Å². The largest absolute Gasteiger partial charge is 0.497 e. The Kier molecular flexibility index (Phi) is 3.55. The summed E-state index contributed by atoms with van der Waals surface area (Å²) in [4.78, 5) is 14.2.